The van der Waals surface area contributed by atoms with Gasteiger partial charge in [-0.1, -0.05) is 11.6 Å². The molecule has 0 aromatic heterocycles. The molecule has 1 saturated heterocycles. The van der Waals surface area contributed by atoms with Crippen LogP contribution in [0.1, 0.15) is 12.8 Å². The number of nitrogens with zero attached hydrogens (tertiary/aromatic N) is 1. The fourth-order valence-corrected chi connectivity index (χ4v) is 2.63. The maximum Gasteiger partial charge on any atom is 0.260 e. The van der Waals surface area contributed by atoms with E-state index in [1.165, 1.54) is 0 Å². The number of carbonyl (C=O) groups is 2. The second kappa shape index (κ2) is 6.39. The fraction of sp³-hybridized carbons (Fsp3) is 0.385. The predicted molar refractivity (Wildman–Crippen MR) is 75.5 cm³/mol. The number of likely N-dealkylation sites (tertiary alicyclic amines) is 1. The lowest BCUT2D eigenvalue weighted by Gasteiger charge is -2.26. The molecular formula is C13H13BrClNO3. The van der Waals surface area contributed by atoms with E-state index in [1.807, 2.05) is 0 Å². The van der Waals surface area contributed by atoms with Crippen LogP contribution < -0.4 is 4.74 Å². The van der Waals surface area contributed by atoms with Gasteiger partial charge in [0.05, 0.1) is 4.47 Å². The molecule has 1 heterocycles. The van der Waals surface area contributed by atoms with Crippen molar-refractivity contribution >= 4 is 39.2 Å². The van der Waals surface area contributed by atoms with Gasteiger partial charge in [0, 0.05) is 31.0 Å². The summed E-state index contributed by atoms with van der Waals surface area (Å²) >= 11 is 9.14. The van der Waals surface area contributed by atoms with Crippen LogP contribution in [0.5, 0.6) is 5.75 Å². The summed E-state index contributed by atoms with van der Waals surface area (Å²) < 4.78 is 6.16. The van der Waals surface area contributed by atoms with Gasteiger partial charge in [0.2, 0.25) is 0 Å². The standard InChI is InChI=1S/C13H13BrClNO3/c14-11-7-9(15)1-2-12(11)19-8-13(18)16-5-3-10(17)4-6-16/h1-2,7H,3-6,8H2. The number of benzene rings is 1. The molecule has 102 valence electrons. The number of amides is 1. The molecular weight excluding hydrogens is 334 g/mol. The zero-order valence-electron chi connectivity index (χ0n) is 10.2. The highest BCUT2D eigenvalue weighted by Gasteiger charge is 2.21. The molecule has 0 spiro atoms. The Morgan fingerprint density at radius 3 is 2.68 bits per heavy atom. The molecule has 0 atom stereocenters. The van der Waals surface area contributed by atoms with Gasteiger partial charge in [-0.3, -0.25) is 9.59 Å². The molecule has 0 aliphatic carbocycles. The Morgan fingerprint density at radius 2 is 2.05 bits per heavy atom. The minimum Gasteiger partial charge on any atom is -0.483 e. The molecule has 0 N–H and O–H groups in total. The van der Waals surface area contributed by atoms with Crippen LogP contribution in [0.2, 0.25) is 5.02 Å². The lowest BCUT2D eigenvalue weighted by Crippen LogP contribution is -2.41. The van der Waals surface area contributed by atoms with Crippen molar-refractivity contribution in [3.8, 4) is 5.75 Å². The first-order valence-corrected chi connectivity index (χ1v) is 7.10. The number of hydrogen-bond donors (Lipinski definition) is 0. The van der Waals surface area contributed by atoms with Gasteiger partial charge < -0.3 is 9.64 Å². The first-order valence-electron chi connectivity index (χ1n) is 5.93. The summed E-state index contributed by atoms with van der Waals surface area (Å²) in [5.41, 5.74) is 0. The van der Waals surface area contributed by atoms with Gasteiger partial charge >= 0.3 is 0 Å². The number of carbonyl (C=O) groups excluding carboxylic acids is 2. The summed E-state index contributed by atoms with van der Waals surface area (Å²) in [6, 6.07) is 5.12. The fourth-order valence-electron chi connectivity index (χ4n) is 1.83. The number of rotatable bonds is 3. The van der Waals surface area contributed by atoms with E-state index >= 15 is 0 Å². The van der Waals surface area contributed by atoms with Gasteiger partial charge in [-0.25, -0.2) is 0 Å². The molecule has 0 unspecified atom stereocenters. The van der Waals surface area contributed by atoms with Crippen LogP contribution in [0.15, 0.2) is 22.7 Å². The largest absolute Gasteiger partial charge is 0.483 e. The molecule has 0 saturated carbocycles. The van der Waals surface area contributed by atoms with Crippen molar-refractivity contribution in [1.82, 2.24) is 4.90 Å². The second-order valence-electron chi connectivity index (χ2n) is 4.28. The van der Waals surface area contributed by atoms with Crippen LogP contribution in [0.3, 0.4) is 0 Å². The van der Waals surface area contributed by atoms with E-state index in [-0.39, 0.29) is 18.3 Å². The van der Waals surface area contributed by atoms with Crippen molar-refractivity contribution in [2.75, 3.05) is 19.7 Å². The highest BCUT2D eigenvalue weighted by Crippen LogP contribution is 2.27. The molecule has 0 radical (unpaired) electrons. The number of ketones is 1. The number of Topliss-reactive ketones (excluding diaryl/α,β-unsaturated/α-hetero) is 1. The molecule has 1 aliphatic rings. The third-order valence-corrected chi connectivity index (χ3v) is 3.77. The van der Waals surface area contributed by atoms with Gasteiger partial charge in [0.25, 0.3) is 5.91 Å². The number of ether oxygens (including phenoxy) is 1. The van der Waals surface area contributed by atoms with Crippen LogP contribution in [0.25, 0.3) is 0 Å². The van der Waals surface area contributed by atoms with Crippen LogP contribution in [-0.2, 0) is 9.59 Å². The third-order valence-electron chi connectivity index (χ3n) is 2.92. The highest BCUT2D eigenvalue weighted by atomic mass is 79.9. The molecule has 1 amide bonds. The normalized spacial score (nSPS) is 15.5. The Kier molecular flexibility index (Phi) is 4.82. The lowest BCUT2D eigenvalue weighted by molar-refractivity contribution is -0.136. The van der Waals surface area contributed by atoms with E-state index in [2.05, 4.69) is 15.9 Å². The van der Waals surface area contributed by atoms with Crippen molar-refractivity contribution in [1.29, 1.82) is 0 Å². The van der Waals surface area contributed by atoms with Gasteiger partial charge in [-0.15, -0.1) is 0 Å². The first-order chi connectivity index (χ1) is 9.06. The van der Waals surface area contributed by atoms with Crippen molar-refractivity contribution in [2.45, 2.75) is 12.8 Å². The van der Waals surface area contributed by atoms with Crippen molar-refractivity contribution in [3.63, 3.8) is 0 Å². The molecule has 19 heavy (non-hydrogen) atoms. The van der Waals surface area contributed by atoms with Gasteiger partial charge in [0.1, 0.15) is 11.5 Å². The molecule has 1 fully saturated rings. The number of hydrogen-bond acceptors (Lipinski definition) is 3. The van der Waals surface area contributed by atoms with Gasteiger partial charge in [-0.05, 0) is 34.1 Å². The Morgan fingerprint density at radius 1 is 1.37 bits per heavy atom. The molecule has 2 rings (SSSR count). The zero-order valence-corrected chi connectivity index (χ0v) is 12.5. The summed E-state index contributed by atoms with van der Waals surface area (Å²) in [6.45, 7) is 0.944. The van der Waals surface area contributed by atoms with Crippen molar-refractivity contribution < 1.29 is 14.3 Å². The zero-order chi connectivity index (χ0) is 13.8. The molecule has 1 aromatic carbocycles. The maximum atomic E-state index is 11.9. The van der Waals surface area contributed by atoms with Crippen molar-refractivity contribution in [3.05, 3.63) is 27.7 Å². The molecule has 4 nitrogen and oxygen atoms in total. The van der Waals surface area contributed by atoms with E-state index < -0.39 is 0 Å². The Hall–Kier alpha value is -1.07. The van der Waals surface area contributed by atoms with E-state index in [0.717, 1.165) is 0 Å². The van der Waals surface area contributed by atoms with E-state index in [0.29, 0.717) is 41.2 Å². The van der Waals surface area contributed by atoms with Crippen molar-refractivity contribution in [2.24, 2.45) is 0 Å². The van der Waals surface area contributed by atoms with E-state index in [4.69, 9.17) is 16.3 Å². The second-order valence-corrected chi connectivity index (χ2v) is 5.57. The van der Waals surface area contributed by atoms with Crippen LogP contribution in [0, 0.1) is 0 Å². The minimum absolute atomic E-state index is 0.0333. The average molecular weight is 347 g/mol. The van der Waals surface area contributed by atoms with Gasteiger partial charge in [0.15, 0.2) is 6.61 Å². The molecule has 0 bridgehead atoms. The molecule has 1 aromatic rings. The van der Waals surface area contributed by atoms with Crippen LogP contribution in [-0.4, -0.2) is 36.3 Å². The lowest BCUT2D eigenvalue weighted by atomic mass is 10.1. The smallest absolute Gasteiger partial charge is 0.260 e. The summed E-state index contributed by atoms with van der Waals surface area (Å²) in [5, 5.41) is 0.597. The quantitative estimate of drug-likeness (QED) is 0.845. The molecule has 6 heteroatoms. The number of halogens is 2. The highest BCUT2D eigenvalue weighted by molar-refractivity contribution is 9.10. The van der Waals surface area contributed by atoms with E-state index in [1.54, 1.807) is 23.1 Å². The topological polar surface area (TPSA) is 46.6 Å². The monoisotopic (exact) mass is 345 g/mol. The predicted octanol–water partition coefficient (Wildman–Crippen LogP) is 2.67. The summed E-state index contributed by atoms with van der Waals surface area (Å²) in [4.78, 5) is 24.7. The SMILES string of the molecule is O=C1CCN(C(=O)COc2ccc(Cl)cc2Br)CC1. The maximum absolute atomic E-state index is 11.9. The van der Waals surface area contributed by atoms with Crippen LogP contribution >= 0.6 is 27.5 Å². The van der Waals surface area contributed by atoms with Crippen LogP contribution in [0.4, 0.5) is 0 Å². The summed E-state index contributed by atoms with van der Waals surface area (Å²) in [6.07, 6.45) is 0.882. The third kappa shape index (κ3) is 3.94. The van der Waals surface area contributed by atoms with E-state index in [9.17, 15) is 9.59 Å². The first kappa shape index (κ1) is 14.3. The summed E-state index contributed by atoms with van der Waals surface area (Å²) in [5.74, 6) is 0.686. The molecule has 1 aliphatic heterocycles. The Balaban J connectivity index is 1.88. The Labute approximate surface area is 124 Å². The summed E-state index contributed by atoms with van der Waals surface area (Å²) in [7, 11) is 0. The average Bonchev–Trinajstić information content (AvgIpc) is 2.38. The van der Waals surface area contributed by atoms with Gasteiger partial charge in [-0.2, -0.15) is 0 Å². The Bertz CT molecular complexity index is 497. The number of piperidine rings is 1. The minimum atomic E-state index is -0.102.